The Hall–Kier alpha value is -7.77. The van der Waals surface area contributed by atoms with Gasteiger partial charge >= 0.3 is 0 Å². The van der Waals surface area contributed by atoms with Crippen molar-refractivity contribution >= 4 is 52.1 Å². The zero-order valence-electron chi connectivity index (χ0n) is 31.1. The van der Waals surface area contributed by atoms with Crippen LogP contribution in [0.1, 0.15) is 22.8 Å². The van der Waals surface area contributed by atoms with Crippen LogP contribution in [-0.2, 0) is 0 Å². The fourth-order valence-corrected chi connectivity index (χ4v) is 7.47. The lowest BCUT2D eigenvalue weighted by Gasteiger charge is -2.11. The third-order valence-corrected chi connectivity index (χ3v) is 10.3. The summed E-state index contributed by atoms with van der Waals surface area (Å²) in [6.45, 7) is 0. The van der Waals surface area contributed by atoms with Crippen molar-refractivity contribution in [3.63, 3.8) is 0 Å². The van der Waals surface area contributed by atoms with Crippen LogP contribution >= 0.6 is 0 Å². The molecule has 0 atom stereocenters. The highest BCUT2D eigenvalue weighted by Gasteiger charge is 2.34. The fraction of sp³-hybridized carbons (Fsp3) is 0. The maximum absolute atomic E-state index is 15.8. The highest BCUT2D eigenvalue weighted by molar-refractivity contribution is 6.00. The molecule has 0 radical (unpaired) electrons. The molecule has 4 aromatic carbocycles. The number of nitrogen functional groups attached to an aromatic ring is 1. The van der Waals surface area contributed by atoms with Crippen LogP contribution in [0, 0.1) is 87.3 Å². The van der Waals surface area contributed by atoms with Crippen molar-refractivity contribution in [2.45, 2.75) is 0 Å². The van der Waals surface area contributed by atoms with Gasteiger partial charge in [0.2, 0.25) is 17.5 Å². The lowest BCUT2D eigenvalue weighted by atomic mass is 10.00. The quantitative estimate of drug-likeness (QED) is 0.0712. The van der Waals surface area contributed by atoms with Gasteiger partial charge in [0.15, 0.2) is 69.8 Å². The number of H-pyrrole nitrogens is 2. The second kappa shape index (κ2) is 15.0. The lowest BCUT2D eigenvalue weighted by molar-refractivity contribution is 0.381. The van der Waals surface area contributed by atoms with Gasteiger partial charge in [-0.25, -0.2) is 75.8 Å². The smallest absolute Gasteiger partial charge is 0.200 e. The molecule has 4 N–H and O–H groups in total. The molecule has 0 unspecified atom stereocenters. The van der Waals surface area contributed by atoms with E-state index in [0.29, 0.717) is 0 Å². The molecule has 20 heteroatoms. The molecule has 7 aromatic rings. The number of hydrogen-bond acceptors (Lipinski definition) is 3. The molecule has 0 spiro atoms. The SMILES string of the molecule is Nc1cccc(-c2c3ccc([nH]3)c(-c3c(F)c(F)c(F)c(F)c3F)c3nc(c(-c4c(F)c(F)c(F)c(F)c4F)c4nc(c(-c5c(F)c(F)c(F)c(F)c5F)c5ccc2[nH]5)C=C4)C=C3)c1. The van der Waals surface area contributed by atoms with Gasteiger partial charge in [-0.2, -0.15) is 0 Å². The van der Waals surface area contributed by atoms with Crippen LogP contribution in [0.15, 0.2) is 48.5 Å². The van der Waals surface area contributed by atoms with E-state index in [2.05, 4.69) is 19.9 Å². The highest BCUT2D eigenvalue weighted by Crippen LogP contribution is 2.43. The molecule has 2 aliphatic rings. The van der Waals surface area contributed by atoms with Gasteiger partial charge in [-0.15, -0.1) is 0 Å². The number of nitrogens with zero attached hydrogens (tertiary/aromatic N) is 2. The second-order valence-corrected chi connectivity index (χ2v) is 14.0. The molecule has 0 saturated heterocycles. The number of benzene rings is 4. The minimum Gasteiger partial charge on any atom is -0.399 e. The number of anilines is 1. The lowest BCUT2D eigenvalue weighted by Crippen LogP contribution is -2.06. The number of aromatic amines is 2. The summed E-state index contributed by atoms with van der Waals surface area (Å²) in [5, 5.41) is 0. The first kappa shape index (κ1) is 41.6. The van der Waals surface area contributed by atoms with Crippen molar-refractivity contribution in [1.82, 2.24) is 19.9 Å². The highest BCUT2D eigenvalue weighted by atomic mass is 19.2. The van der Waals surface area contributed by atoms with E-state index in [-0.39, 0.29) is 27.8 Å². The second-order valence-electron chi connectivity index (χ2n) is 14.0. The van der Waals surface area contributed by atoms with E-state index in [1.54, 1.807) is 0 Å². The molecule has 8 bridgehead atoms. The Morgan fingerprint density at radius 1 is 0.312 bits per heavy atom. The number of halogens is 15. The fourth-order valence-electron chi connectivity index (χ4n) is 7.47. The summed E-state index contributed by atoms with van der Waals surface area (Å²) in [4.78, 5) is 13.8. The van der Waals surface area contributed by atoms with Crippen LogP contribution < -0.4 is 5.73 Å². The molecule has 9 rings (SSSR count). The molecule has 322 valence electrons. The van der Waals surface area contributed by atoms with Crippen LogP contribution in [0.4, 0.5) is 71.5 Å². The third kappa shape index (κ3) is 6.14. The van der Waals surface area contributed by atoms with Gasteiger partial charge < -0.3 is 15.7 Å². The predicted octanol–water partition coefficient (Wildman–Crippen LogP) is 13.0. The number of nitrogens with two attached hydrogens (primary N) is 1. The first-order chi connectivity index (χ1) is 30.4. The molecule has 2 aliphatic heterocycles. The van der Waals surface area contributed by atoms with Crippen molar-refractivity contribution in [3.05, 3.63) is 159 Å². The van der Waals surface area contributed by atoms with Gasteiger partial charge in [-0.05, 0) is 66.3 Å². The van der Waals surface area contributed by atoms with Crippen LogP contribution in [0.5, 0.6) is 0 Å². The van der Waals surface area contributed by atoms with Gasteiger partial charge in [0.25, 0.3) is 0 Å². The predicted molar refractivity (Wildman–Crippen MR) is 204 cm³/mol. The van der Waals surface area contributed by atoms with Crippen LogP contribution in [-0.4, -0.2) is 19.9 Å². The topological polar surface area (TPSA) is 83.4 Å². The Kier molecular flexibility index (Phi) is 9.71. The van der Waals surface area contributed by atoms with Crippen LogP contribution in [0.25, 0.3) is 90.9 Å². The van der Waals surface area contributed by atoms with E-state index in [0.717, 1.165) is 36.4 Å². The maximum atomic E-state index is 15.8. The van der Waals surface area contributed by atoms with E-state index in [1.807, 2.05) is 0 Å². The van der Waals surface area contributed by atoms with Gasteiger partial charge in [0.1, 0.15) is 0 Å². The number of hydrogen-bond donors (Lipinski definition) is 3. The van der Waals surface area contributed by atoms with E-state index < -0.39 is 154 Å². The zero-order valence-corrected chi connectivity index (χ0v) is 31.1. The molecular weight excluding hydrogens is 883 g/mol. The molecule has 5 nitrogen and oxygen atoms in total. The number of aromatic nitrogens is 4. The van der Waals surface area contributed by atoms with E-state index in [1.165, 1.54) is 36.4 Å². The largest absolute Gasteiger partial charge is 0.399 e. The van der Waals surface area contributed by atoms with E-state index in [9.17, 15) is 39.5 Å². The normalized spacial score (nSPS) is 12.2. The molecule has 64 heavy (non-hydrogen) atoms. The summed E-state index contributed by atoms with van der Waals surface area (Å²) >= 11 is 0. The van der Waals surface area contributed by atoms with Crippen molar-refractivity contribution in [3.8, 4) is 44.5 Å². The van der Waals surface area contributed by atoms with E-state index in [4.69, 9.17) is 5.73 Å². The van der Waals surface area contributed by atoms with Gasteiger partial charge in [0, 0.05) is 50.0 Å². The van der Waals surface area contributed by atoms with E-state index >= 15 is 26.3 Å². The summed E-state index contributed by atoms with van der Waals surface area (Å²) < 4.78 is 227. The molecule has 0 fully saturated rings. The van der Waals surface area contributed by atoms with Crippen molar-refractivity contribution < 1.29 is 65.9 Å². The van der Waals surface area contributed by atoms with Crippen LogP contribution in [0.2, 0.25) is 0 Å². The summed E-state index contributed by atoms with van der Waals surface area (Å²) in [6, 6.07) is 10.5. The van der Waals surface area contributed by atoms with Gasteiger partial charge in [-0.3, -0.25) is 0 Å². The summed E-state index contributed by atoms with van der Waals surface area (Å²) in [5.41, 5.74) is -5.61. The average Bonchev–Trinajstić information content (AvgIpc) is 4.13. The third-order valence-electron chi connectivity index (χ3n) is 10.3. The number of fused-ring (bicyclic) bond motifs is 8. The Morgan fingerprint density at radius 3 is 0.922 bits per heavy atom. The van der Waals surface area contributed by atoms with Crippen molar-refractivity contribution in [1.29, 1.82) is 0 Å². The zero-order chi connectivity index (χ0) is 45.8. The standard InChI is InChI=1S/C44H16F15N5/c45-30-27(31(46)37(52)42(57)36(30)51)24-17-6-4-15(61-17)23(13-2-1-3-14(60)12-13)16-5-7-18(62-16)25(28-32(47)38(53)43(58)39(54)33(28)48)20-9-11-22(64-20)26(21-10-8-19(24)63-21)29-34(49)40(55)44(59)41(56)35(29)50/h1-12,61-62H,60H2. The van der Waals surface area contributed by atoms with Gasteiger partial charge in [-0.1, -0.05) is 12.1 Å². The minimum atomic E-state index is -2.62. The monoisotopic (exact) mass is 899 g/mol. The van der Waals surface area contributed by atoms with Gasteiger partial charge in [0.05, 0.1) is 39.5 Å². The number of nitrogens with one attached hydrogen (secondary N) is 2. The Morgan fingerprint density at radius 2 is 0.594 bits per heavy atom. The Bertz CT molecular complexity index is 3220. The van der Waals surface area contributed by atoms with Crippen molar-refractivity contribution in [2.75, 3.05) is 5.73 Å². The molecule has 5 heterocycles. The van der Waals surface area contributed by atoms with Crippen molar-refractivity contribution in [2.24, 2.45) is 0 Å². The summed E-state index contributed by atoms with van der Waals surface area (Å²) in [7, 11) is 0. The summed E-state index contributed by atoms with van der Waals surface area (Å²) in [5.74, 6) is -36.8. The Balaban J connectivity index is 1.57. The molecule has 0 saturated carbocycles. The van der Waals surface area contributed by atoms with Crippen LogP contribution in [0.3, 0.4) is 0 Å². The minimum absolute atomic E-state index is 0.0552. The molecule has 3 aromatic heterocycles. The summed E-state index contributed by atoms with van der Waals surface area (Å²) in [6.07, 6.45) is 3.20. The molecule has 0 aliphatic carbocycles. The molecular formula is C44H16F15N5. The number of rotatable bonds is 4. The Labute approximate surface area is 346 Å². The molecule has 0 amide bonds. The first-order valence-corrected chi connectivity index (χ1v) is 18.0. The maximum Gasteiger partial charge on any atom is 0.200 e. The first-order valence-electron chi connectivity index (χ1n) is 18.0. The average molecular weight is 900 g/mol.